The number of benzene rings is 1. The van der Waals surface area contributed by atoms with Crippen LogP contribution in [0.25, 0.3) is 5.69 Å². The Bertz CT molecular complexity index is 848. The summed E-state index contributed by atoms with van der Waals surface area (Å²) in [6, 6.07) is 3.95. The highest BCUT2D eigenvalue weighted by atomic mass is 19.1. The molecule has 8 heteroatoms. The molecular formula is C20H24FN5O2. The zero-order valence-corrected chi connectivity index (χ0v) is 15.7. The van der Waals surface area contributed by atoms with Crippen molar-refractivity contribution in [2.75, 3.05) is 11.9 Å². The van der Waals surface area contributed by atoms with Crippen LogP contribution in [0.3, 0.4) is 0 Å². The van der Waals surface area contributed by atoms with Crippen LogP contribution >= 0.6 is 0 Å². The van der Waals surface area contributed by atoms with Gasteiger partial charge < -0.3 is 10.2 Å². The fourth-order valence-corrected chi connectivity index (χ4v) is 4.22. The molecule has 1 aliphatic carbocycles. The van der Waals surface area contributed by atoms with Gasteiger partial charge >= 0.3 is 0 Å². The molecular weight excluding hydrogens is 361 g/mol. The van der Waals surface area contributed by atoms with Gasteiger partial charge in [0.05, 0.1) is 0 Å². The van der Waals surface area contributed by atoms with Gasteiger partial charge in [0.15, 0.2) is 5.82 Å². The van der Waals surface area contributed by atoms with Crippen molar-refractivity contribution in [2.45, 2.75) is 51.0 Å². The van der Waals surface area contributed by atoms with E-state index in [1.165, 1.54) is 29.8 Å². The van der Waals surface area contributed by atoms with Crippen LogP contribution in [0.4, 0.5) is 10.1 Å². The van der Waals surface area contributed by atoms with E-state index in [0.717, 1.165) is 32.1 Å². The summed E-state index contributed by atoms with van der Waals surface area (Å²) >= 11 is 0. The molecule has 2 amide bonds. The number of hydrogen-bond acceptors (Lipinski definition) is 4. The molecule has 1 unspecified atom stereocenters. The highest BCUT2D eigenvalue weighted by Crippen LogP contribution is 2.29. The Labute approximate surface area is 162 Å². The minimum Gasteiger partial charge on any atom is -0.330 e. The maximum atomic E-state index is 14.4. The second-order valence-electron chi connectivity index (χ2n) is 7.52. The Kier molecular flexibility index (Phi) is 5.36. The largest absolute Gasteiger partial charge is 0.330 e. The third-order valence-corrected chi connectivity index (χ3v) is 5.67. The number of rotatable bonds is 4. The Morgan fingerprint density at radius 1 is 1.11 bits per heavy atom. The maximum Gasteiger partial charge on any atom is 0.247 e. The van der Waals surface area contributed by atoms with Crippen LogP contribution in [-0.2, 0) is 9.59 Å². The summed E-state index contributed by atoms with van der Waals surface area (Å²) in [4.78, 5) is 31.2. The molecule has 1 aliphatic heterocycles. The van der Waals surface area contributed by atoms with Crippen LogP contribution in [0, 0.1) is 11.7 Å². The molecule has 1 saturated heterocycles. The highest BCUT2D eigenvalue weighted by Gasteiger charge is 2.37. The van der Waals surface area contributed by atoms with Crippen LogP contribution < -0.4 is 5.32 Å². The summed E-state index contributed by atoms with van der Waals surface area (Å²) in [5, 5.41) is 6.68. The Balaban J connectivity index is 1.44. The van der Waals surface area contributed by atoms with Gasteiger partial charge in [-0.1, -0.05) is 19.3 Å². The lowest BCUT2D eigenvalue weighted by atomic mass is 9.88. The molecule has 148 valence electrons. The lowest BCUT2D eigenvalue weighted by Crippen LogP contribution is -2.46. The standard InChI is InChI=1S/C20H24FN5O2/c21-16-11-15(8-9-17(16)26-13-22-12-23-26)24-19(27)18-7-4-10-25(18)20(28)14-5-2-1-3-6-14/h8-9,11-14,18H,1-7,10H2,(H,24,27). The molecule has 1 aromatic carbocycles. The SMILES string of the molecule is O=C(Nc1ccc(-n2cncn2)c(F)c1)C1CCCN1C(=O)C1CCCCC1. The van der Waals surface area contributed by atoms with E-state index in [-0.39, 0.29) is 23.4 Å². The molecule has 2 heterocycles. The van der Waals surface area contributed by atoms with Gasteiger partial charge in [0.2, 0.25) is 11.8 Å². The van der Waals surface area contributed by atoms with E-state index in [0.29, 0.717) is 18.7 Å². The molecule has 1 saturated carbocycles. The van der Waals surface area contributed by atoms with Crippen LogP contribution in [0.15, 0.2) is 30.9 Å². The molecule has 1 N–H and O–H groups in total. The summed E-state index contributed by atoms with van der Waals surface area (Å²) in [6.45, 7) is 0.618. The van der Waals surface area contributed by atoms with Crippen LogP contribution in [0.2, 0.25) is 0 Å². The Morgan fingerprint density at radius 3 is 2.64 bits per heavy atom. The third-order valence-electron chi connectivity index (χ3n) is 5.67. The second kappa shape index (κ2) is 8.08. The van der Waals surface area contributed by atoms with Gasteiger partial charge in [-0.3, -0.25) is 9.59 Å². The van der Waals surface area contributed by atoms with Crippen molar-refractivity contribution in [3.8, 4) is 5.69 Å². The van der Waals surface area contributed by atoms with E-state index in [9.17, 15) is 14.0 Å². The van der Waals surface area contributed by atoms with Gasteiger partial charge in [0, 0.05) is 18.2 Å². The third kappa shape index (κ3) is 3.76. The first kappa shape index (κ1) is 18.6. The smallest absolute Gasteiger partial charge is 0.247 e. The normalized spacial score (nSPS) is 20.3. The lowest BCUT2D eigenvalue weighted by molar-refractivity contribution is -0.141. The number of carbonyl (C=O) groups is 2. The fraction of sp³-hybridized carbons (Fsp3) is 0.500. The highest BCUT2D eigenvalue weighted by molar-refractivity contribution is 5.97. The van der Waals surface area contributed by atoms with Crippen molar-refractivity contribution >= 4 is 17.5 Å². The van der Waals surface area contributed by atoms with Crippen molar-refractivity contribution in [1.82, 2.24) is 19.7 Å². The molecule has 2 fully saturated rings. The predicted octanol–water partition coefficient (Wildman–Crippen LogP) is 2.92. The molecule has 7 nitrogen and oxygen atoms in total. The summed E-state index contributed by atoms with van der Waals surface area (Å²) in [5.41, 5.74) is 0.619. The van der Waals surface area contributed by atoms with Crippen LogP contribution in [0.5, 0.6) is 0 Å². The Hall–Kier alpha value is -2.77. The van der Waals surface area contributed by atoms with Gasteiger partial charge in [-0.05, 0) is 43.9 Å². The topological polar surface area (TPSA) is 80.1 Å². The van der Waals surface area contributed by atoms with Gasteiger partial charge in [-0.25, -0.2) is 14.1 Å². The van der Waals surface area contributed by atoms with Crippen LogP contribution in [-0.4, -0.2) is 44.1 Å². The molecule has 1 atom stereocenters. The van der Waals surface area contributed by atoms with E-state index >= 15 is 0 Å². The number of nitrogens with one attached hydrogen (secondary N) is 1. The minimum atomic E-state index is -0.509. The van der Waals surface area contributed by atoms with Crippen molar-refractivity contribution in [3.05, 3.63) is 36.7 Å². The molecule has 0 spiro atoms. The first-order valence-corrected chi connectivity index (χ1v) is 9.89. The molecule has 2 aromatic rings. The van der Waals surface area contributed by atoms with Gasteiger partial charge in [-0.15, -0.1) is 0 Å². The van der Waals surface area contributed by atoms with Crippen molar-refractivity contribution in [2.24, 2.45) is 5.92 Å². The first-order valence-electron chi connectivity index (χ1n) is 9.89. The van der Waals surface area contributed by atoms with Gasteiger partial charge in [0.1, 0.15) is 24.4 Å². The quantitative estimate of drug-likeness (QED) is 0.878. The summed E-state index contributed by atoms with van der Waals surface area (Å²) in [6.07, 6.45) is 9.37. The molecule has 0 bridgehead atoms. The molecule has 4 rings (SSSR count). The first-order chi connectivity index (χ1) is 13.6. The number of carbonyl (C=O) groups excluding carboxylic acids is 2. The number of halogens is 1. The summed E-state index contributed by atoms with van der Waals surface area (Å²) in [7, 11) is 0. The number of aromatic nitrogens is 3. The second-order valence-corrected chi connectivity index (χ2v) is 7.52. The molecule has 1 aromatic heterocycles. The number of anilines is 1. The zero-order valence-electron chi connectivity index (χ0n) is 15.7. The van der Waals surface area contributed by atoms with Crippen molar-refractivity contribution in [3.63, 3.8) is 0 Å². The molecule has 2 aliphatic rings. The van der Waals surface area contributed by atoms with Gasteiger partial charge in [-0.2, -0.15) is 5.10 Å². The predicted molar refractivity (Wildman–Crippen MR) is 101 cm³/mol. The fourth-order valence-electron chi connectivity index (χ4n) is 4.22. The Morgan fingerprint density at radius 2 is 1.93 bits per heavy atom. The molecule has 28 heavy (non-hydrogen) atoms. The number of hydrogen-bond donors (Lipinski definition) is 1. The minimum absolute atomic E-state index is 0.0431. The molecule has 0 radical (unpaired) electrons. The van der Waals surface area contributed by atoms with Crippen molar-refractivity contribution < 1.29 is 14.0 Å². The average molecular weight is 385 g/mol. The number of amides is 2. The van der Waals surface area contributed by atoms with Crippen molar-refractivity contribution in [1.29, 1.82) is 0 Å². The van der Waals surface area contributed by atoms with Gasteiger partial charge in [0.25, 0.3) is 0 Å². The van der Waals surface area contributed by atoms with E-state index in [1.54, 1.807) is 17.0 Å². The average Bonchev–Trinajstić information content (AvgIpc) is 3.40. The number of nitrogens with zero attached hydrogens (tertiary/aromatic N) is 4. The lowest BCUT2D eigenvalue weighted by Gasteiger charge is -2.30. The monoisotopic (exact) mass is 385 g/mol. The van der Waals surface area contributed by atoms with E-state index < -0.39 is 11.9 Å². The zero-order chi connectivity index (χ0) is 19.5. The van der Waals surface area contributed by atoms with E-state index in [1.807, 2.05) is 0 Å². The van der Waals surface area contributed by atoms with E-state index in [2.05, 4.69) is 15.4 Å². The summed E-state index contributed by atoms with van der Waals surface area (Å²) < 4.78 is 15.7. The maximum absolute atomic E-state index is 14.4. The number of likely N-dealkylation sites (tertiary alicyclic amines) is 1. The van der Waals surface area contributed by atoms with E-state index in [4.69, 9.17) is 0 Å². The summed E-state index contributed by atoms with van der Waals surface area (Å²) in [5.74, 6) is -0.619. The van der Waals surface area contributed by atoms with Crippen LogP contribution in [0.1, 0.15) is 44.9 Å².